The molecule has 0 saturated heterocycles. The highest BCUT2D eigenvalue weighted by atomic mass is 16.3. The minimum Gasteiger partial charge on any atom is -0.382 e. The molecule has 1 heterocycles. The quantitative estimate of drug-likeness (QED) is 0.777. The Kier molecular flexibility index (Phi) is 2.10. The van der Waals surface area contributed by atoms with Gasteiger partial charge < -0.3 is 5.11 Å². The van der Waals surface area contributed by atoms with Gasteiger partial charge in [-0.2, -0.15) is 5.10 Å². The van der Waals surface area contributed by atoms with Crippen LogP contribution in [0.25, 0.3) is 0 Å². The lowest BCUT2D eigenvalue weighted by molar-refractivity contribution is -0.104. The molecular formula is C10H17N3O. The minimum atomic E-state index is -0.735. The Labute approximate surface area is 84.0 Å². The third kappa shape index (κ3) is 1.17. The summed E-state index contributed by atoms with van der Waals surface area (Å²) in [6, 6.07) is 0.254. The van der Waals surface area contributed by atoms with Gasteiger partial charge in [0.15, 0.2) is 5.82 Å². The lowest BCUT2D eigenvalue weighted by atomic mass is 9.70. The molecule has 1 aliphatic rings. The van der Waals surface area contributed by atoms with Gasteiger partial charge in [0.25, 0.3) is 0 Å². The van der Waals surface area contributed by atoms with E-state index in [0.29, 0.717) is 5.92 Å². The second-order valence-electron chi connectivity index (χ2n) is 4.49. The second-order valence-corrected chi connectivity index (χ2v) is 4.49. The summed E-state index contributed by atoms with van der Waals surface area (Å²) in [5.74, 6) is 1.02. The molecule has 0 spiro atoms. The van der Waals surface area contributed by atoms with E-state index >= 15 is 0 Å². The Morgan fingerprint density at radius 3 is 2.79 bits per heavy atom. The predicted molar refractivity (Wildman–Crippen MR) is 52.7 cm³/mol. The Morgan fingerprint density at radius 2 is 2.36 bits per heavy atom. The van der Waals surface area contributed by atoms with E-state index in [0.717, 1.165) is 18.7 Å². The molecule has 1 aromatic heterocycles. The maximum Gasteiger partial charge on any atom is 0.159 e. The number of hydrogen-bond acceptors (Lipinski definition) is 3. The van der Waals surface area contributed by atoms with Gasteiger partial charge in [-0.1, -0.05) is 6.92 Å². The molecule has 14 heavy (non-hydrogen) atoms. The van der Waals surface area contributed by atoms with Crippen molar-refractivity contribution in [3.8, 4) is 0 Å². The van der Waals surface area contributed by atoms with Crippen LogP contribution in [0.4, 0.5) is 0 Å². The maximum atomic E-state index is 10.3. The van der Waals surface area contributed by atoms with Crippen molar-refractivity contribution in [2.45, 2.75) is 45.3 Å². The number of aliphatic hydroxyl groups is 1. The third-order valence-electron chi connectivity index (χ3n) is 3.22. The van der Waals surface area contributed by atoms with Crippen LogP contribution in [0.1, 0.15) is 45.5 Å². The topological polar surface area (TPSA) is 50.9 Å². The molecule has 1 N–H and O–H groups in total. The first kappa shape index (κ1) is 9.65. The fraction of sp³-hybridized carbons (Fsp3) is 0.800. The molecular weight excluding hydrogens is 178 g/mol. The van der Waals surface area contributed by atoms with Crippen molar-refractivity contribution in [2.75, 3.05) is 0 Å². The van der Waals surface area contributed by atoms with E-state index in [-0.39, 0.29) is 6.04 Å². The molecule has 0 aromatic carbocycles. The number of rotatable bonds is 2. The maximum absolute atomic E-state index is 10.3. The van der Waals surface area contributed by atoms with Gasteiger partial charge >= 0.3 is 0 Å². The zero-order valence-corrected chi connectivity index (χ0v) is 8.94. The Morgan fingerprint density at radius 1 is 1.64 bits per heavy atom. The normalized spacial score (nSPS) is 31.9. The van der Waals surface area contributed by atoms with Crippen LogP contribution in [0, 0.1) is 5.92 Å². The first-order valence-corrected chi connectivity index (χ1v) is 5.18. The summed E-state index contributed by atoms with van der Waals surface area (Å²) >= 11 is 0. The van der Waals surface area contributed by atoms with Crippen LogP contribution in [0.2, 0.25) is 0 Å². The van der Waals surface area contributed by atoms with Gasteiger partial charge in [0.2, 0.25) is 0 Å². The fourth-order valence-electron chi connectivity index (χ4n) is 1.98. The molecule has 1 saturated carbocycles. The number of aromatic nitrogens is 3. The number of hydrogen-bond donors (Lipinski definition) is 1. The predicted octanol–water partition coefficient (Wildman–Crippen LogP) is 1.48. The molecule has 0 amide bonds. The van der Waals surface area contributed by atoms with Crippen molar-refractivity contribution in [1.82, 2.24) is 14.8 Å². The minimum absolute atomic E-state index is 0.254. The van der Waals surface area contributed by atoms with E-state index in [2.05, 4.69) is 17.0 Å². The Balaban J connectivity index is 2.36. The molecule has 2 rings (SSSR count). The van der Waals surface area contributed by atoms with Crippen LogP contribution in [0.3, 0.4) is 0 Å². The van der Waals surface area contributed by atoms with Crippen molar-refractivity contribution in [2.24, 2.45) is 5.92 Å². The van der Waals surface area contributed by atoms with Crippen LogP contribution in [0.5, 0.6) is 0 Å². The smallest absolute Gasteiger partial charge is 0.159 e. The molecule has 1 aromatic rings. The first-order chi connectivity index (χ1) is 6.55. The molecule has 2 unspecified atom stereocenters. The van der Waals surface area contributed by atoms with Crippen LogP contribution in [-0.4, -0.2) is 19.9 Å². The van der Waals surface area contributed by atoms with Crippen LogP contribution in [0.15, 0.2) is 6.33 Å². The molecule has 78 valence electrons. The van der Waals surface area contributed by atoms with Gasteiger partial charge in [-0.25, -0.2) is 9.67 Å². The average molecular weight is 195 g/mol. The summed E-state index contributed by atoms with van der Waals surface area (Å²) in [7, 11) is 0. The van der Waals surface area contributed by atoms with Crippen molar-refractivity contribution < 1.29 is 5.11 Å². The molecule has 0 aliphatic heterocycles. The van der Waals surface area contributed by atoms with Gasteiger partial charge in [-0.15, -0.1) is 0 Å². The zero-order chi connectivity index (χ0) is 10.3. The largest absolute Gasteiger partial charge is 0.382 e. The van der Waals surface area contributed by atoms with E-state index in [1.165, 1.54) is 6.33 Å². The zero-order valence-electron chi connectivity index (χ0n) is 8.94. The van der Waals surface area contributed by atoms with Gasteiger partial charge in [-0.3, -0.25) is 0 Å². The first-order valence-electron chi connectivity index (χ1n) is 5.18. The summed E-state index contributed by atoms with van der Waals surface area (Å²) in [4.78, 5) is 4.18. The van der Waals surface area contributed by atoms with Crippen LogP contribution in [-0.2, 0) is 5.60 Å². The van der Waals surface area contributed by atoms with E-state index in [1.54, 1.807) is 0 Å². The highest BCUT2D eigenvalue weighted by Gasteiger charge is 2.47. The summed E-state index contributed by atoms with van der Waals surface area (Å²) < 4.78 is 1.82. The van der Waals surface area contributed by atoms with E-state index in [1.807, 2.05) is 18.5 Å². The second kappa shape index (κ2) is 3.05. The molecule has 2 atom stereocenters. The molecule has 1 aliphatic carbocycles. The lowest BCUT2D eigenvalue weighted by Crippen LogP contribution is -2.45. The van der Waals surface area contributed by atoms with Gasteiger partial charge in [0.1, 0.15) is 11.9 Å². The van der Waals surface area contributed by atoms with Crippen LogP contribution < -0.4 is 0 Å². The van der Waals surface area contributed by atoms with Crippen molar-refractivity contribution in [3.63, 3.8) is 0 Å². The molecule has 0 radical (unpaired) electrons. The summed E-state index contributed by atoms with van der Waals surface area (Å²) in [6.45, 7) is 6.15. The highest BCUT2D eigenvalue weighted by Crippen LogP contribution is 2.45. The summed E-state index contributed by atoms with van der Waals surface area (Å²) in [6.07, 6.45) is 3.40. The Bertz CT molecular complexity index is 334. The van der Waals surface area contributed by atoms with E-state index < -0.39 is 5.60 Å². The number of nitrogens with zero attached hydrogens (tertiary/aromatic N) is 3. The summed E-state index contributed by atoms with van der Waals surface area (Å²) in [5.41, 5.74) is -0.735. The SMILES string of the molecule is CC(C)n1ncnc1C1(O)CCC1C. The van der Waals surface area contributed by atoms with Crippen molar-refractivity contribution >= 4 is 0 Å². The van der Waals surface area contributed by atoms with E-state index in [9.17, 15) is 5.11 Å². The van der Waals surface area contributed by atoms with Gasteiger partial charge in [0, 0.05) is 6.04 Å². The molecule has 0 bridgehead atoms. The standard InChI is InChI=1S/C10H17N3O/c1-7(2)13-9(11-6-12-13)10(14)5-4-8(10)3/h6-8,14H,4-5H2,1-3H3. The summed E-state index contributed by atoms with van der Waals surface area (Å²) in [5, 5.41) is 14.5. The monoisotopic (exact) mass is 195 g/mol. The third-order valence-corrected chi connectivity index (χ3v) is 3.22. The van der Waals surface area contributed by atoms with Gasteiger partial charge in [0.05, 0.1) is 0 Å². The Hall–Kier alpha value is -0.900. The highest BCUT2D eigenvalue weighted by molar-refractivity contribution is 5.09. The van der Waals surface area contributed by atoms with Crippen LogP contribution >= 0.6 is 0 Å². The molecule has 1 fully saturated rings. The average Bonchev–Trinajstić information content (AvgIpc) is 2.62. The molecule has 4 heteroatoms. The van der Waals surface area contributed by atoms with E-state index in [4.69, 9.17) is 0 Å². The van der Waals surface area contributed by atoms with Crippen molar-refractivity contribution in [3.05, 3.63) is 12.2 Å². The molecule has 4 nitrogen and oxygen atoms in total. The fourth-order valence-corrected chi connectivity index (χ4v) is 1.98. The van der Waals surface area contributed by atoms with Crippen molar-refractivity contribution in [1.29, 1.82) is 0 Å². The van der Waals surface area contributed by atoms with Gasteiger partial charge in [-0.05, 0) is 32.6 Å². The lowest BCUT2D eigenvalue weighted by Gasteiger charge is -2.42.